The van der Waals surface area contributed by atoms with Crippen LogP contribution in [-0.2, 0) is 0 Å². The van der Waals surface area contributed by atoms with Crippen LogP contribution in [0.4, 0.5) is 5.69 Å². The first-order chi connectivity index (χ1) is 7.59. The molecule has 0 amide bonds. The van der Waals surface area contributed by atoms with Crippen molar-refractivity contribution in [2.24, 2.45) is 0 Å². The Hall–Kier alpha value is -1.02. The van der Waals surface area contributed by atoms with Crippen LogP contribution in [0.3, 0.4) is 0 Å². The first kappa shape index (κ1) is 15.0. The second-order valence-electron chi connectivity index (χ2n) is 4.06. The third kappa shape index (κ3) is 5.76. The molecule has 0 aliphatic carbocycles. The zero-order valence-corrected chi connectivity index (χ0v) is 11.6. The van der Waals surface area contributed by atoms with Crippen molar-refractivity contribution in [3.63, 3.8) is 0 Å². The summed E-state index contributed by atoms with van der Waals surface area (Å²) in [6, 6.07) is 8.65. The second kappa shape index (κ2) is 8.17. The zero-order valence-electron chi connectivity index (χ0n) is 11.6. The minimum absolute atomic E-state index is 1.07. The molecule has 0 aliphatic heterocycles. The van der Waals surface area contributed by atoms with E-state index in [1.165, 1.54) is 11.3 Å². The normalized spacial score (nSPS) is 9.69. The number of rotatable bonds is 4. The van der Waals surface area contributed by atoms with Crippen molar-refractivity contribution in [3.8, 4) is 0 Å². The lowest BCUT2D eigenvalue weighted by Crippen LogP contribution is -2.28. The van der Waals surface area contributed by atoms with Gasteiger partial charge in [-0.25, -0.2) is 0 Å². The van der Waals surface area contributed by atoms with Crippen LogP contribution in [0.15, 0.2) is 24.3 Å². The molecule has 0 heterocycles. The molecule has 0 radical (unpaired) electrons. The molecule has 0 bridgehead atoms. The molecule has 92 valence electrons. The van der Waals surface area contributed by atoms with Crippen LogP contribution in [-0.4, -0.2) is 39.1 Å². The molecule has 0 N–H and O–H groups in total. The Kier molecular flexibility index (Phi) is 7.65. The highest BCUT2D eigenvalue weighted by molar-refractivity contribution is 5.46. The van der Waals surface area contributed by atoms with Gasteiger partial charge in [0, 0.05) is 25.8 Å². The summed E-state index contributed by atoms with van der Waals surface area (Å²) in [5, 5.41) is 0. The fourth-order valence-electron chi connectivity index (χ4n) is 1.28. The molecule has 2 nitrogen and oxygen atoms in total. The fraction of sp³-hybridized carbons (Fsp3) is 0.571. The van der Waals surface area contributed by atoms with Crippen LogP contribution < -0.4 is 4.90 Å². The Morgan fingerprint density at radius 2 is 1.38 bits per heavy atom. The predicted molar refractivity (Wildman–Crippen MR) is 74.4 cm³/mol. The van der Waals surface area contributed by atoms with Gasteiger partial charge in [0.25, 0.3) is 0 Å². The Labute approximate surface area is 101 Å². The van der Waals surface area contributed by atoms with Crippen molar-refractivity contribution in [1.29, 1.82) is 0 Å². The average molecular weight is 222 g/mol. The van der Waals surface area contributed by atoms with E-state index in [-0.39, 0.29) is 0 Å². The molecular weight excluding hydrogens is 196 g/mol. The summed E-state index contributed by atoms with van der Waals surface area (Å²) >= 11 is 0. The summed E-state index contributed by atoms with van der Waals surface area (Å²) < 4.78 is 0. The summed E-state index contributed by atoms with van der Waals surface area (Å²) in [7, 11) is 6.33. The SMILES string of the molecule is CC.Cc1ccc(N(C)CCN(C)C)cc1. The largest absolute Gasteiger partial charge is 0.373 e. The van der Waals surface area contributed by atoms with E-state index >= 15 is 0 Å². The molecular formula is C14H26N2. The molecule has 0 unspecified atom stereocenters. The van der Waals surface area contributed by atoms with Gasteiger partial charge in [-0.2, -0.15) is 0 Å². The summed E-state index contributed by atoms with van der Waals surface area (Å²) in [5.41, 5.74) is 2.60. The number of benzene rings is 1. The number of hydrogen-bond donors (Lipinski definition) is 0. The summed E-state index contributed by atoms with van der Waals surface area (Å²) in [6.45, 7) is 8.27. The van der Waals surface area contributed by atoms with Gasteiger partial charge >= 0.3 is 0 Å². The highest BCUT2D eigenvalue weighted by Gasteiger charge is 2.00. The van der Waals surface area contributed by atoms with Crippen LogP contribution >= 0.6 is 0 Å². The number of hydrogen-bond acceptors (Lipinski definition) is 2. The fourth-order valence-corrected chi connectivity index (χ4v) is 1.28. The van der Waals surface area contributed by atoms with Gasteiger partial charge in [0.1, 0.15) is 0 Å². The number of aryl methyl sites for hydroxylation is 1. The number of nitrogens with zero attached hydrogens (tertiary/aromatic N) is 2. The van der Waals surface area contributed by atoms with E-state index in [0.717, 1.165) is 13.1 Å². The lowest BCUT2D eigenvalue weighted by atomic mass is 10.2. The van der Waals surface area contributed by atoms with Gasteiger partial charge in [0.2, 0.25) is 0 Å². The molecule has 1 aromatic rings. The highest BCUT2D eigenvalue weighted by Crippen LogP contribution is 2.12. The quantitative estimate of drug-likeness (QED) is 0.772. The van der Waals surface area contributed by atoms with Crippen molar-refractivity contribution >= 4 is 5.69 Å². The minimum atomic E-state index is 1.07. The van der Waals surface area contributed by atoms with E-state index < -0.39 is 0 Å². The molecule has 0 saturated carbocycles. The van der Waals surface area contributed by atoms with Gasteiger partial charge in [-0.3, -0.25) is 0 Å². The lowest BCUT2D eigenvalue weighted by molar-refractivity contribution is 0.416. The van der Waals surface area contributed by atoms with Crippen LogP contribution in [0.5, 0.6) is 0 Å². The van der Waals surface area contributed by atoms with Gasteiger partial charge in [-0.1, -0.05) is 31.5 Å². The van der Waals surface area contributed by atoms with Crippen LogP contribution in [0, 0.1) is 6.92 Å². The molecule has 0 spiro atoms. The van der Waals surface area contributed by atoms with E-state index in [2.05, 4.69) is 62.1 Å². The average Bonchev–Trinajstić information content (AvgIpc) is 2.29. The first-order valence-corrected chi connectivity index (χ1v) is 6.02. The lowest BCUT2D eigenvalue weighted by Gasteiger charge is -2.21. The van der Waals surface area contributed by atoms with Crippen molar-refractivity contribution in [2.75, 3.05) is 39.1 Å². The third-order valence-electron chi connectivity index (χ3n) is 2.36. The molecule has 1 rings (SSSR count). The van der Waals surface area contributed by atoms with E-state index in [0.29, 0.717) is 0 Å². The van der Waals surface area contributed by atoms with Gasteiger partial charge in [-0.15, -0.1) is 0 Å². The summed E-state index contributed by atoms with van der Waals surface area (Å²) in [4.78, 5) is 4.48. The van der Waals surface area contributed by atoms with Gasteiger partial charge in [0.15, 0.2) is 0 Å². The van der Waals surface area contributed by atoms with Crippen LogP contribution in [0.2, 0.25) is 0 Å². The van der Waals surface area contributed by atoms with Crippen molar-refractivity contribution < 1.29 is 0 Å². The maximum Gasteiger partial charge on any atom is 0.0364 e. The molecule has 16 heavy (non-hydrogen) atoms. The van der Waals surface area contributed by atoms with E-state index in [1.807, 2.05) is 13.8 Å². The Balaban J connectivity index is 0.00000106. The Morgan fingerprint density at radius 3 is 1.81 bits per heavy atom. The first-order valence-electron chi connectivity index (χ1n) is 6.02. The standard InChI is InChI=1S/C12H20N2.C2H6/c1-11-5-7-12(8-6-11)14(4)10-9-13(2)3;1-2/h5-8H,9-10H2,1-4H3;1-2H3. The van der Waals surface area contributed by atoms with E-state index in [1.54, 1.807) is 0 Å². The Bertz CT molecular complexity index is 265. The van der Waals surface area contributed by atoms with Gasteiger partial charge in [-0.05, 0) is 33.2 Å². The zero-order chi connectivity index (χ0) is 12.6. The second-order valence-corrected chi connectivity index (χ2v) is 4.06. The molecule has 0 aromatic heterocycles. The third-order valence-corrected chi connectivity index (χ3v) is 2.36. The number of anilines is 1. The van der Waals surface area contributed by atoms with Crippen molar-refractivity contribution in [2.45, 2.75) is 20.8 Å². The van der Waals surface area contributed by atoms with Crippen LogP contribution in [0.25, 0.3) is 0 Å². The van der Waals surface area contributed by atoms with Gasteiger partial charge in [0.05, 0.1) is 0 Å². The maximum atomic E-state index is 2.28. The smallest absolute Gasteiger partial charge is 0.0364 e. The molecule has 0 saturated heterocycles. The maximum absolute atomic E-state index is 2.28. The van der Waals surface area contributed by atoms with Gasteiger partial charge < -0.3 is 9.80 Å². The van der Waals surface area contributed by atoms with E-state index in [9.17, 15) is 0 Å². The molecule has 0 atom stereocenters. The number of likely N-dealkylation sites (N-methyl/N-ethyl adjacent to an activating group) is 2. The van der Waals surface area contributed by atoms with Crippen LogP contribution in [0.1, 0.15) is 19.4 Å². The molecule has 1 aromatic carbocycles. The Morgan fingerprint density at radius 1 is 0.875 bits per heavy atom. The monoisotopic (exact) mass is 222 g/mol. The molecule has 0 fully saturated rings. The topological polar surface area (TPSA) is 6.48 Å². The molecule has 0 aliphatic rings. The summed E-state index contributed by atoms with van der Waals surface area (Å²) in [6.07, 6.45) is 0. The van der Waals surface area contributed by atoms with Crippen molar-refractivity contribution in [1.82, 2.24) is 4.90 Å². The molecule has 2 heteroatoms. The summed E-state index contributed by atoms with van der Waals surface area (Å²) in [5.74, 6) is 0. The highest BCUT2D eigenvalue weighted by atomic mass is 15.1. The van der Waals surface area contributed by atoms with Crippen molar-refractivity contribution in [3.05, 3.63) is 29.8 Å². The predicted octanol–water partition coefficient (Wildman–Crippen LogP) is 3.02. The minimum Gasteiger partial charge on any atom is -0.373 e. The van der Waals surface area contributed by atoms with E-state index in [4.69, 9.17) is 0 Å².